The summed E-state index contributed by atoms with van der Waals surface area (Å²) in [4.78, 5) is 15.8. The molecule has 0 saturated carbocycles. The van der Waals surface area contributed by atoms with Crippen molar-refractivity contribution in [1.82, 2.24) is 9.47 Å². The fourth-order valence-corrected chi connectivity index (χ4v) is 4.78. The van der Waals surface area contributed by atoms with E-state index in [1.54, 1.807) is 0 Å². The van der Waals surface area contributed by atoms with Crippen molar-refractivity contribution in [2.45, 2.75) is 33.1 Å². The van der Waals surface area contributed by atoms with Crippen LogP contribution in [0.1, 0.15) is 54.9 Å². The van der Waals surface area contributed by atoms with E-state index in [2.05, 4.69) is 62.4 Å². The SMILES string of the molecule is CCN(CC)CCOc1ccc2c(c1)C(C)(C)c1c(c3ccccc3n1C)C2=O. The number of fused-ring (bicyclic) bond motifs is 4. The van der Waals surface area contributed by atoms with Crippen LogP contribution in [0.3, 0.4) is 0 Å². The molecule has 1 aromatic heterocycles. The molecule has 1 aliphatic rings. The summed E-state index contributed by atoms with van der Waals surface area (Å²) in [5.74, 6) is 0.944. The molecule has 1 heterocycles. The number of aromatic nitrogens is 1. The molecule has 4 nitrogen and oxygen atoms in total. The lowest BCUT2D eigenvalue weighted by molar-refractivity contribution is 0.103. The molecule has 3 aromatic rings. The second-order valence-electron chi connectivity index (χ2n) is 8.34. The van der Waals surface area contributed by atoms with E-state index in [4.69, 9.17) is 4.74 Å². The van der Waals surface area contributed by atoms with Crippen LogP contribution in [-0.4, -0.2) is 41.5 Å². The Morgan fingerprint density at radius 2 is 1.79 bits per heavy atom. The van der Waals surface area contributed by atoms with Gasteiger partial charge >= 0.3 is 0 Å². The molecule has 29 heavy (non-hydrogen) atoms. The molecular formula is C25H30N2O2. The number of likely N-dealkylation sites (N-methyl/N-ethyl adjacent to an activating group) is 1. The van der Waals surface area contributed by atoms with Crippen LogP contribution >= 0.6 is 0 Å². The van der Waals surface area contributed by atoms with Crippen molar-refractivity contribution >= 4 is 16.7 Å². The van der Waals surface area contributed by atoms with Crippen molar-refractivity contribution in [3.63, 3.8) is 0 Å². The molecule has 152 valence electrons. The molecule has 0 aliphatic heterocycles. The van der Waals surface area contributed by atoms with Crippen LogP contribution in [0.25, 0.3) is 10.9 Å². The molecule has 4 heteroatoms. The molecule has 0 fully saturated rings. The number of aryl methyl sites for hydroxylation is 1. The van der Waals surface area contributed by atoms with Gasteiger partial charge < -0.3 is 14.2 Å². The number of ketones is 1. The lowest BCUT2D eigenvalue weighted by atomic mass is 9.71. The molecule has 0 spiro atoms. The Morgan fingerprint density at radius 3 is 2.52 bits per heavy atom. The van der Waals surface area contributed by atoms with Gasteiger partial charge in [0.05, 0.1) is 5.56 Å². The number of hydrogen-bond donors (Lipinski definition) is 0. The van der Waals surface area contributed by atoms with E-state index in [1.165, 1.54) is 0 Å². The summed E-state index contributed by atoms with van der Waals surface area (Å²) in [5, 5.41) is 1.04. The highest BCUT2D eigenvalue weighted by Gasteiger charge is 2.41. The average molecular weight is 391 g/mol. The van der Waals surface area contributed by atoms with Crippen LogP contribution in [0.15, 0.2) is 42.5 Å². The number of rotatable bonds is 6. The van der Waals surface area contributed by atoms with Crippen molar-refractivity contribution in [1.29, 1.82) is 0 Å². The van der Waals surface area contributed by atoms with Gasteiger partial charge in [-0.25, -0.2) is 0 Å². The van der Waals surface area contributed by atoms with Gasteiger partial charge in [-0.2, -0.15) is 0 Å². The summed E-state index contributed by atoms with van der Waals surface area (Å²) in [6.45, 7) is 12.3. The quantitative estimate of drug-likeness (QED) is 0.608. The Morgan fingerprint density at radius 1 is 1.07 bits per heavy atom. The summed E-state index contributed by atoms with van der Waals surface area (Å²) in [7, 11) is 2.06. The van der Waals surface area contributed by atoms with Gasteiger partial charge in [0.1, 0.15) is 12.4 Å². The second kappa shape index (κ2) is 7.34. The van der Waals surface area contributed by atoms with E-state index >= 15 is 0 Å². The summed E-state index contributed by atoms with van der Waals surface area (Å²) in [6, 6.07) is 14.1. The molecule has 0 amide bonds. The zero-order valence-electron chi connectivity index (χ0n) is 18.1. The molecule has 0 radical (unpaired) electrons. The van der Waals surface area contributed by atoms with Crippen LogP contribution < -0.4 is 4.74 Å². The molecule has 2 aromatic carbocycles. The van der Waals surface area contributed by atoms with E-state index in [-0.39, 0.29) is 11.2 Å². The smallest absolute Gasteiger partial charge is 0.195 e. The summed E-state index contributed by atoms with van der Waals surface area (Å²) < 4.78 is 8.23. The van der Waals surface area contributed by atoms with E-state index in [1.807, 2.05) is 24.3 Å². The highest BCUT2D eigenvalue weighted by molar-refractivity contribution is 6.20. The third-order valence-electron chi connectivity index (χ3n) is 6.41. The van der Waals surface area contributed by atoms with Gasteiger partial charge in [0.15, 0.2) is 5.78 Å². The van der Waals surface area contributed by atoms with E-state index < -0.39 is 0 Å². The number of ether oxygens (including phenoxy) is 1. The Balaban J connectivity index is 1.73. The Labute approximate surface area is 173 Å². The first kappa shape index (κ1) is 19.7. The van der Waals surface area contributed by atoms with Gasteiger partial charge in [0.25, 0.3) is 0 Å². The number of para-hydroxylation sites is 1. The van der Waals surface area contributed by atoms with E-state index in [0.29, 0.717) is 6.61 Å². The third-order valence-corrected chi connectivity index (χ3v) is 6.41. The topological polar surface area (TPSA) is 34.5 Å². The van der Waals surface area contributed by atoms with Gasteiger partial charge in [0.2, 0.25) is 0 Å². The zero-order valence-corrected chi connectivity index (χ0v) is 18.1. The van der Waals surface area contributed by atoms with Crippen LogP contribution in [-0.2, 0) is 12.5 Å². The van der Waals surface area contributed by atoms with Gasteiger partial charge in [-0.05, 0) is 42.9 Å². The Bertz CT molecular complexity index is 1070. The summed E-state index contributed by atoms with van der Waals surface area (Å²) in [5.41, 5.74) is 4.57. The zero-order chi connectivity index (χ0) is 20.8. The third kappa shape index (κ3) is 3.06. The molecule has 0 unspecified atom stereocenters. The lowest BCUT2D eigenvalue weighted by Gasteiger charge is -2.34. The van der Waals surface area contributed by atoms with Crippen molar-refractivity contribution < 1.29 is 9.53 Å². The second-order valence-corrected chi connectivity index (χ2v) is 8.34. The molecule has 0 bridgehead atoms. The normalized spacial score (nSPS) is 14.9. The Hall–Kier alpha value is -2.59. The monoisotopic (exact) mass is 390 g/mol. The number of nitrogens with zero attached hydrogens (tertiary/aromatic N) is 2. The van der Waals surface area contributed by atoms with Crippen LogP contribution in [0.5, 0.6) is 5.75 Å². The maximum Gasteiger partial charge on any atom is 0.195 e. The lowest BCUT2D eigenvalue weighted by Crippen LogP contribution is -2.32. The number of benzene rings is 2. The number of carbonyl (C=O) groups is 1. The first-order valence-corrected chi connectivity index (χ1v) is 10.5. The average Bonchev–Trinajstić information content (AvgIpc) is 3.04. The maximum atomic E-state index is 13.5. The Kier molecular flexibility index (Phi) is 4.99. The van der Waals surface area contributed by atoms with Crippen molar-refractivity contribution in [2.75, 3.05) is 26.2 Å². The number of carbonyl (C=O) groups excluding carboxylic acids is 1. The summed E-state index contributed by atoms with van der Waals surface area (Å²) in [6.07, 6.45) is 0. The van der Waals surface area contributed by atoms with Crippen LogP contribution in [0.4, 0.5) is 0 Å². The molecular weight excluding hydrogens is 360 g/mol. The highest BCUT2D eigenvalue weighted by Crippen LogP contribution is 2.45. The summed E-state index contributed by atoms with van der Waals surface area (Å²) >= 11 is 0. The van der Waals surface area contributed by atoms with Crippen LogP contribution in [0.2, 0.25) is 0 Å². The predicted molar refractivity (Wildman–Crippen MR) is 118 cm³/mol. The fourth-order valence-electron chi connectivity index (χ4n) is 4.78. The van der Waals surface area contributed by atoms with Gasteiger partial charge in [-0.3, -0.25) is 4.79 Å². The molecule has 1 aliphatic carbocycles. The molecule has 0 saturated heterocycles. The maximum absolute atomic E-state index is 13.5. The minimum absolute atomic E-state index is 0.112. The van der Waals surface area contributed by atoms with Gasteiger partial charge in [-0.15, -0.1) is 0 Å². The van der Waals surface area contributed by atoms with E-state index in [9.17, 15) is 4.79 Å². The van der Waals surface area contributed by atoms with Gasteiger partial charge in [0, 0.05) is 41.2 Å². The van der Waals surface area contributed by atoms with Crippen molar-refractivity contribution in [2.24, 2.45) is 7.05 Å². The highest BCUT2D eigenvalue weighted by atomic mass is 16.5. The standard InChI is InChI=1S/C25H30N2O2/c1-6-27(7-2)14-15-29-17-12-13-18-20(16-17)25(3,4)24-22(23(18)28)19-10-8-9-11-21(19)26(24)5/h8-13,16H,6-7,14-15H2,1-5H3. The largest absolute Gasteiger partial charge is 0.492 e. The number of hydrogen-bond acceptors (Lipinski definition) is 3. The van der Waals surface area contributed by atoms with Crippen LogP contribution in [0, 0.1) is 0 Å². The fraction of sp³-hybridized carbons (Fsp3) is 0.400. The molecule has 4 rings (SSSR count). The van der Waals surface area contributed by atoms with Crippen molar-refractivity contribution in [3.8, 4) is 5.75 Å². The van der Waals surface area contributed by atoms with E-state index in [0.717, 1.165) is 58.7 Å². The van der Waals surface area contributed by atoms with Crippen molar-refractivity contribution in [3.05, 3.63) is 64.8 Å². The molecule has 0 atom stereocenters. The molecule has 0 N–H and O–H groups in total. The predicted octanol–water partition coefficient (Wildman–Crippen LogP) is 4.77. The minimum Gasteiger partial charge on any atom is -0.492 e. The minimum atomic E-state index is -0.287. The first-order chi connectivity index (χ1) is 13.9. The first-order valence-electron chi connectivity index (χ1n) is 10.5. The van der Waals surface area contributed by atoms with Gasteiger partial charge in [-0.1, -0.05) is 45.9 Å².